The maximum Gasteiger partial charge on any atom is 0.108 e. The third-order valence-corrected chi connectivity index (χ3v) is 3.87. The minimum atomic E-state index is -0.379. The Morgan fingerprint density at radius 3 is 2.50 bits per heavy atom. The summed E-state index contributed by atoms with van der Waals surface area (Å²) in [5.41, 5.74) is 1.09. The molecule has 1 N–H and O–H groups in total. The van der Waals surface area contributed by atoms with Crippen LogP contribution in [0.25, 0.3) is 0 Å². The second-order valence-corrected chi connectivity index (χ2v) is 5.24. The van der Waals surface area contributed by atoms with Gasteiger partial charge < -0.3 is 9.84 Å². The molecular weight excluding hydrogens is 224 g/mol. The van der Waals surface area contributed by atoms with Crippen molar-refractivity contribution < 1.29 is 9.84 Å². The molecule has 0 saturated heterocycles. The SMILES string of the molecule is CCOC(c1ccccc1)C(O)CC1CCCC1. The first-order valence-corrected chi connectivity index (χ1v) is 7.16. The normalized spacial score (nSPS) is 19.9. The quantitative estimate of drug-likeness (QED) is 0.831. The summed E-state index contributed by atoms with van der Waals surface area (Å²) in [5, 5.41) is 10.4. The summed E-state index contributed by atoms with van der Waals surface area (Å²) in [5.74, 6) is 0.687. The molecule has 0 spiro atoms. The molecule has 1 aromatic rings. The van der Waals surface area contributed by atoms with Gasteiger partial charge in [0, 0.05) is 6.61 Å². The maximum atomic E-state index is 10.4. The average molecular weight is 248 g/mol. The van der Waals surface area contributed by atoms with Gasteiger partial charge in [-0.2, -0.15) is 0 Å². The molecule has 2 unspecified atom stereocenters. The first-order chi connectivity index (χ1) is 8.81. The Bertz CT molecular complexity index is 330. The molecule has 1 fully saturated rings. The minimum Gasteiger partial charge on any atom is -0.390 e. The third kappa shape index (κ3) is 3.56. The fraction of sp³-hybridized carbons (Fsp3) is 0.625. The Hall–Kier alpha value is -0.860. The van der Waals surface area contributed by atoms with Gasteiger partial charge in [0.2, 0.25) is 0 Å². The van der Waals surface area contributed by atoms with Crippen LogP contribution in [-0.4, -0.2) is 17.8 Å². The second-order valence-electron chi connectivity index (χ2n) is 5.24. The van der Waals surface area contributed by atoms with E-state index in [1.807, 2.05) is 37.3 Å². The van der Waals surface area contributed by atoms with Crippen LogP contribution in [0.4, 0.5) is 0 Å². The summed E-state index contributed by atoms with van der Waals surface area (Å²) in [6.07, 6.45) is 5.51. The van der Waals surface area contributed by atoms with E-state index in [9.17, 15) is 5.11 Å². The van der Waals surface area contributed by atoms with Gasteiger partial charge in [-0.05, 0) is 24.8 Å². The molecule has 0 bridgehead atoms. The molecule has 100 valence electrons. The van der Waals surface area contributed by atoms with Gasteiger partial charge in [0.05, 0.1) is 6.10 Å². The van der Waals surface area contributed by atoms with Crippen LogP contribution < -0.4 is 0 Å². The van der Waals surface area contributed by atoms with E-state index >= 15 is 0 Å². The van der Waals surface area contributed by atoms with E-state index in [2.05, 4.69) is 0 Å². The van der Waals surface area contributed by atoms with Crippen molar-refractivity contribution in [2.45, 2.75) is 51.2 Å². The van der Waals surface area contributed by atoms with Gasteiger partial charge in [0.25, 0.3) is 0 Å². The molecule has 2 nitrogen and oxygen atoms in total. The number of rotatable bonds is 6. The lowest BCUT2D eigenvalue weighted by molar-refractivity contribution is -0.0437. The van der Waals surface area contributed by atoms with Crippen molar-refractivity contribution in [3.8, 4) is 0 Å². The van der Waals surface area contributed by atoms with Crippen LogP contribution in [0.5, 0.6) is 0 Å². The summed E-state index contributed by atoms with van der Waals surface area (Å²) in [4.78, 5) is 0. The Morgan fingerprint density at radius 1 is 1.22 bits per heavy atom. The minimum absolute atomic E-state index is 0.170. The lowest BCUT2D eigenvalue weighted by atomic mass is 9.94. The van der Waals surface area contributed by atoms with Gasteiger partial charge in [-0.3, -0.25) is 0 Å². The highest BCUT2D eigenvalue weighted by atomic mass is 16.5. The van der Waals surface area contributed by atoms with Crippen molar-refractivity contribution in [2.24, 2.45) is 5.92 Å². The fourth-order valence-corrected chi connectivity index (χ4v) is 2.96. The molecule has 2 heteroatoms. The highest BCUT2D eigenvalue weighted by Gasteiger charge is 2.26. The van der Waals surface area contributed by atoms with Crippen LogP contribution in [0, 0.1) is 5.92 Å². The molecule has 18 heavy (non-hydrogen) atoms. The van der Waals surface area contributed by atoms with E-state index in [1.54, 1.807) is 0 Å². The van der Waals surface area contributed by atoms with Gasteiger partial charge in [-0.15, -0.1) is 0 Å². The van der Waals surface area contributed by atoms with E-state index in [0.717, 1.165) is 12.0 Å². The molecule has 1 aliphatic carbocycles. The number of benzene rings is 1. The number of hydrogen-bond donors (Lipinski definition) is 1. The second kappa shape index (κ2) is 6.91. The van der Waals surface area contributed by atoms with Gasteiger partial charge in [-0.25, -0.2) is 0 Å². The highest BCUT2D eigenvalue weighted by Crippen LogP contribution is 2.33. The lowest BCUT2D eigenvalue weighted by Crippen LogP contribution is -2.23. The first-order valence-electron chi connectivity index (χ1n) is 7.16. The largest absolute Gasteiger partial charge is 0.390 e. The van der Waals surface area contributed by atoms with E-state index in [-0.39, 0.29) is 12.2 Å². The Balaban J connectivity index is 1.99. The van der Waals surface area contributed by atoms with E-state index in [4.69, 9.17) is 4.74 Å². The summed E-state index contributed by atoms with van der Waals surface area (Å²) >= 11 is 0. The molecule has 2 atom stereocenters. The van der Waals surface area contributed by atoms with Gasteiger partial charge in [-0.1, -0.05) is 56.0 Å². The Labute approximate surface area is 110 Å². The summed E-state index contributed by atoms with van der Waals surface area (Å²) in [7, 11) is 0. The molecule has 0 aliphatic heterocycles. The number of hydrogen-bond acceptors (Lipinski definition) is 2. The topological polar surface area (TPSA) is 29.5 Å². The fourth-order valence-electron chi connectivity index (χ4n) is 2.96. The van der Waals surface area contributed by atoms with Crippen molar-refractivity contribution in [2.75, 3.05) is 6.61 Å². The van der Waals surface area contributed by atoms with E-state index in [1.165, 1.54) is 25.7 Å². The summed E-state index contributed by atoms with van der Waals surface area (Å²) in [6, 6.07) is 10.1. The molecule has 1 aromatic carbocycles. The zero-order valence-corrected chi connectivity index (χ0v) is 11.2. The molecule has 0 amide bonds. The van der Waals surface area contributed by atoms with Crippen LogP contribution >= 0.6 is 0 Å². The van der Waals surface area contributed by atoms with Gasteiger partial charge in [0.15, 0.2) is 0 Å². The number of aliphatic hydroxyl groups is 1. The first kappa shape index (κ1) is 13.6. The molecule has 1 saturated carbocycles. The maximum absolute atomic E-state index is 10.4. The Kier molecular flexibility index (Phi) is 5.21. The number of ether oxygens (including phenoxy) is 1. The smallest absolute Gasteiger partial charge is 0.108 e. The summed E-state index contributed by atoms with van der Waals surface area (Å²) < 4.78 is 5.75. The van der Waals surface area contributed by atoms with Crippen LogP contribution in [0.1, 0.15) is 50.7 Å². The van der Waals surface area contributed by atoms with E-state index in [0.29, 0.717) is 12.5 Å². The van der Waals surface area contributed by atoms with Crippen LogP contribution in [0.15, 0.2) is 30.3 Å². The van der Waals surface area contributed by atoms with E-state index < -0.39 is 0 Å². The molecule has 0 aromatic heterocycles. The highest BCUT2D eigenvalue weighted by molar-refractivity contribution is 5.18. The van der Waals surface area contributed by atoms with Gasteiger partial charge >= 0.3 is 0 Å². The predicted octanol–water partition coefficient (Wildman–Crippen LogP) is 3.71. The van der Waals surface area contributed by atoms with Crippen LogP contribution in [-0.2, 0) is 4.74 Å². The summed E-state index contributed by atoms with van der Waals surface area (Å²) in [6.45, 7) is 2.62. The average Bonchev–Trinajstić information content (AvgIpc) is 2.89. The molecule has 0 radical (unpaired) electrons. The van der Waals surface area contributed by atoms with Crippen molar-refractivity contribution >= 4 is 0 Å². The molecule has 2 rings (SSSR count). The predicted molar refractivity (Wildman–Crippen MR) is 73.4 cm³/mol. The standard InChI is InChI=1S/C16H24O2/c1-2-18-16(14-10-4-3-5-11-14)15(17)12-13-8-6-7-9-13/h3-5,10-11,13,15-17H,2,6-9,12H2,1H3. The van der Waals surface area contributed by atoms with Gasteiger partial charge in [0.1, 0.15) is 6.10 Å². The monoisotopic (exact) mass is 248 g/mol. The lowest BCUT2D eigenvalue weighted by Gasteiger charge is -2.25. The third-order valence-electron chi connectivity index (χ3n) is 3.87. The molecule has 1 aliphatic rings. The zero-order chi connectivity index (χ0) is 12.8. The van der Waals surface area contributed by atoms with Crippen molar-refractivity contribution in [3.63, 3.8) is 0 Å². The Morgan fingerprint density at radius 2 is 1.89 bits per heavy atom. The molecular formula is C16H24O2. The number of aliphatic hydroxyl groups excluding tert-OH is 1. The molecule has 0 heterocycles. The van der Waals surface area contributed by atoms with Crippen LogP contribution in [0.2, 0.25) is 0 Å². The van der Waals surface area contributed by atoms with Crippen molar-refractivity contribution in [1.29, 1.82) is 0 Å². The van der Waals surface area contributed by atoms with Crippen molar-refractivity contribution in [1.82, 2.24) is 0 Å². The van der Waals surface area contributed by atoms with Crippen molar-refractivity contribution in [3.05, 3.63) is 35.9 Å². The zero-order valence-electron chi connectivity index (χ0n) is 11.2. The van der Waals surface area contributed by atoms with Crippen LogP contribution in [0.3, 0.4) is 0 Å².